The number of halogens is 1. The topological polar surface area (TPSA) is 93.1 Å². The third kappa shape index (κ3) is 3.81. The number of anilines is 3. The molecule has 2 aliphatic rings. The molecule has 1 fully saturated rings. The van der Waals surface area contributed by atoms with Gasteiger partial charge in [-0.25, -0.2) is 9.37 Å². The lowest BCUT2D eigenvalue weighted by Gasteiger charge is -2.44. The molecule has 2 aromatic rings. The molecular formula is C23H27FN6O. The predicted molar refractivity (Wildman–Crippen MR) is 118 cm³/mol. The molecule has 0 saturated carbocycles. The van der Waals surface area contributed by atoms with Crippen molar-refractivity contribution in [2.75, 3.05) is 35.6 Å². The van der Waals surface area contributed by atoms with E-state index in [1.165, 1.54) is 12.1 Å². The Morgan fingerprint density at radius 3 is 2.87 bits per heavy atom. The monoisotopic (exact) mass is 422 g/mol. The summed E-state index contributed by atoms with van der Waals surface area (Å²) < 4.78 is 14.4. The van der Waals surface area contributed by atoms with Crippen molar-refractivity contribution in [3.05, 3.63) is 47.5 Å². The lowest BCUT2D eigenvalue weighted by Crippen LogP contribution is -2.57. The average molecular weight is 423 g/mol. The molecule has 3 heterocycles. The summed E-state index contributed by atoms with van der Waals surface area (Å²) in [5, 5.41) is 18.6. The molecule has 0 spiro atoms. The van der Waals surface area contributed by atoms with Crippen LogP contribution >= 0.6 is 0 Å². The molecule has 7 nitrogen and oxygen atoms in total. The summed E-state index contributed by atoms with van der Waals surface area (Å²) in [6, 6.07) is 8.53. The molecule has 4 rings (SSSR count). The van der Waals surface area contributed by atoms with E-state index in [1.807, 2.05) is 26.0 Å². The Morgan fingerprint density at radius 2 is 2.19 bits per heavy atom. The molecule has 8 heteroatoms. The van der Waals surface area contributed by atoms with Gasteiger partial charge >= 0.3 is 0 Å². The fraction of sp³-hybridized carbons (Fsp3) is 0.435. The number of hydrogen-bond acceptors (Lipinski definition) is 6. The van der Waals surface area contributed by atoms with Crippen molar-refractivity contribution >= 4 is 23.0 Å². The lowest BCUT2D eigenvalue weighted by atomic mass is 9.85. The Bertz CT molecular complexity index is 1030. The Labute approximate surface area is 181 Å². The van der Waals surface area contributed by atoms with Gasteiger partial charge < -0.3 is 16.0 Å². The maximum absolute atomic E-state index is 14.4. The Kier molecular flexibility index (Phi) is 5.54. The number of amides is 1. The number of carbonyl (C=O) groups is 1. The molecule has 31 heavy (non-hydrogen) atoms. The van der Waals surface area contributed by atoms with Gasteiger partial charge in [-0.1, -0.05) is 6.92 Å². The standard InChI is InChI=1S/C23H27FN6O/c1-4-26-20-9-15(24)8-19-21(20)29-22(31)23(19,3)30-12-14(2)7-18(13-30)28-17-6-5-16(10-25)27-11-17/h5-6,8-9,11,14,18,26,28H,4,7,12-13H2,1-3H3,(H,29,31)/t14-,18+,23?/m0/s1. The van der Waals surface area contributed by atoms with E-state index in [0.29, 0.717) is 41.6 Å². The Morgan fingerprint density at radius 1 is 1.39 bits per heavy atom. The van der Waals surface area contributed by atoms with Crippen molar-refractivity contribution in [3.8, 4) is 6.07 Å². The SMILES string of the molecule is CCNc1cc(F)cc2c1NC(=O)C2(C)N1C[C@@H](C)C[C@@H](Nc2ccc(C#N)nc2)C1. The van der Waals surface area contributed by atoms with Gasteiger partial charge in [0.1, 0.15) is 23.1 Å². The van der Waals surface area contributed by atoms with Crippen LogP contribution in [0.1, 0.15) is 38.4 Å². The fourth-order valence-electron chi connectivity index (χ4n) is 4.73. The van der Waals surface area contributed by atoms with Crippen LogP contribution in [0.4, 0.5) is 21.5 Å². The largest absolute Gasteiger partial charge is 0.384 e. The molecular weight excluding hydrogens is 395 g/mol. The molecule has 2 aliphatic heterocycles. The second-order valence-electron chi connectivity index (χ2n) is 8.56. The minimum absolute atomic E-state index is 0.0916. The molecule has 1 saturated heterocycles. The first-order chi connectivity index (χ1) is 14.8. The number of carbonyl (C=O) groups excluding carboxylic acids is 1. The summed E-state index contributed by atoms with van der Waals surface area (Å²) in [5.41, 5.74) is 2.18. The van der Waals surface area contributed by atoms with Crippen LogP contribution in [-0.4, -0.2) is 41.5 Å². The summed E-state index contributed by atoms with van der Waals surface area (Å²) in [7, 11) is 0. The van der Waals surface area contributed by atoms with E-state index in [1.54, 1.807) is 12.3 Å². The van der Waals surface area contributed by atoms with Gasteiger partial charge in [-0.2, -0.15) is 5.26 Å². The maximum Gasteiger partial charge on any atom is 0.249 e. The Balaban J connectivity index is 1.62. The summed E-state index contributed by atoms with van der Waals surface area (Å²) in [6.45, 7) is 7.97. The maximum atomic E-state index is 14.4. The zero-order valence-corrected chi connectivity index (χ0v) is 18.0. The van der Waals surface area contributed by atoms with Crippen LogP contribution < -0.4 is 16.0 Å². The van der Waals surface area contributed by atoms with Crippen LogP contribution in [0.25, 0.3) is 0 Å². The van der Waals surface area contributed by atoms with Gasteiger partial charge in [0.2, 0.25) is 5.91 Å². The van der Waals surface area contributed by atoms with Crippen LogP contribution in [-0.2, 0) is 10.3 Å². The quantitative estimate of drug-likeness (QED) is 0.683. The first kappa shape index (κ1) is 21.1. The molecule has 3 atom stereocenters. The molecule has 0 radical (unpaired) electrons. The molecule has 3 N–H and O–H groups in total. The number of benzene rings is 1. The smallest absolute Gasteiger partial charge is 0.249 e. The molecule has 1 amide bonds. The van der Waals surface area contributed by atoms with Gasteiger partial charge in [-0.15, -0.1) is 0 Å². The molecule has 1 unspecified atom stereocenters. The number of rotatable bonds is 5. The zero-order chi connectivity index (χ0) is 22.2. The van der Waals surface area contributed by atoms with Gasteiger partial charge in [-0.05, 0) is 50.5 Å². The van der Waals surface area contributed by atoms with E-state index in [9.17, 15) is 9.18 Å². The number of likely N-dealkylation sites (tertiary alicyclic amines) is 1. The van der Waals surface area contributed by atoms with Crippen molar-refractivity contribution in [2.24, 2.45) is 5.92 Å². The Hall–Kier alpha value is -3.18. The van der Waals surface area contributed by atoms with Gasteiger partial charge in [0, 0.05) is 31.2 Å². The van der Waals surface area contributed by atoms with Crippen molar-refractivity contribution < 1.29 is 9.18 Å². The molecule has 162 valence electrons. The predicted octanol–water partition coefficient (Wildman–Crippen LogP) is 3.51. The van der Waals surface area contributed by atoms with E-state index in [-0.39, 0.29) is 17.8 Å². The number of nitriles is 1. The van der Waals surface area contributed by atoms with Crippen LogP contribution in [0, 0.1) is 23.1 Å². The molecule has 0 aliphatic carbocycles. The number of fused-ring (bicyclic) bond motifs is 1. The van der Waals surface area contributed by atoms with Gasteiger partial charge in [-0.3, -0.25) is 9.69 Å². The summed E-state index contributed by atoms with van der Waals surface area (Å²) >= 11 is 0. The highest BCUT2D eigenvalue weighted by Crippen LogP contribution is 2.45. The van der Waals surface area contributed by atoms with E-state index in [2.05, 4.69) is 32.8 Å². The second kappa shape index (κ2) is 8.16. The van der Waals surface area contributed by atoms with E-state index < -0.39 is 5.54 Å². The van der Waals surface area contributed by atoms with Crippen LogP contribution in [0.2, 0.25) is 0 Å². The summed E-state index contributed by atoms with van der Waals surface area (Å²) in [6.07, 6.45) is 2.59. The number of aromatic nitrogens is 1. The zero-order valence-electron chi connectivity index (χ0n) is 18.0. The highest BCUT2D eigenvalue weighted by Gasteiger charge is 2.50. The first-order valence-corrected chi connectivity index (χ1v) is 10.6. The highest BCUT2D eigenvalue weighted by atomic mass is 19.1. The van der Waals surface area contributed by atoms with Gasteiger partial charge in [0.25, 0.3) is 0 Å². The minimum Gasteiger partial charge on any atom is -0.384 e. The van der Waals surface area contributed by atoms with E-state index >= 15 is 0 Å². The number of pyridine rings is 1. The molecule has 0 bridgehead atoms. The third-order valence-corrected chi connectivity index (χ3v) is 6.22. The highest BCUT2D eigenvalue weighted by molar-refractivity contribution is 6.08. The normalized spacial score (nSPS) is 25.5. The van der Waals surface area contributed by atoms with Crippen LogP contribution in [0.5, 0.6) is 0 Å². The average Bonchev–Trinajstić information content (AvgIpc) is 3.00. The van der Waals surface area contributed by atoms with Gasteiger partial charge in [0.15, 0.2) is 0 Å². The first-order valence-electron chi connectivity index (χ1n) is 10.6. The van der Waals surface area contributed by atoms with Crippen molar-refractivity contribution in [2.45, 2.75) is 38.8 Å². The second-order valence-corrected chi connectivity index (χ2v) is 8.56. The molecule has 1 aromatic heterocycles. The number of hydrogen-bond donors (Lipinski definition) is 3. The van der Waals surface area contributed by atoms with E-state index in [4.69, 9.17) is 5.26 Å². The lowest BCUT2D eigenvalue weighted by molar-refractivity contribution is -0.128. The third-order valence-electron chi connectivity index (χ3n) is 6.22. The summed E-state index contributed by atoms with van der Waals surface area (Å²) in [5.74, 6) is -0.158. The van der Waals surface area contributed by atoms with Crippen molar-refractivity contribution in [3.63, 3.8) is 0 Å². The van der Waals surface area contributed by atoms with Crippen molar-refractivity contribution in [1.29, 1.82) is 5.26 Å². The molecule has 1 aromatic carbocycles. The fourth-order valence-corrected chi connectivity index (χ4v) is 4.73. The van der Waals surface area contributed by atoms with Crippen LogP contribution in [0.15, 0.2) is 30.5 Å². The number of nitrogens with one attached hydrogen (secondary N) is 3. The number of nitrogens with zero attached hydrogens (tertiary/aromatic N) is 3. The number of piperidine rings is 1. The van der Waals surface area contributed by atoms with Gasteiger partial charge in [0.05, 0.1) is 23.3 Å². The van der Waals surface area contributed by atoms with Crippen molar-refractivity contribution in [1.82, 2.24) is 9.88 Å². The van der Waals surface area contributed by atoms with Crippen LogP contribution in [0.3, 0.4) is 0 Å². The van der Waals surface area contributed by atoms with E-state index in [0.717, 1.165) is 18.7 Å². The minimum atomic E-state index is -0.959. The summed E-state index contributed by atoms with van der Waals surface area (Å²) in [4.78, 5) is 19.5.